The number of anilines is 1. The Kier molecular flexibility index (Phi) is 5.93. The van der Waals surface area contributed by atoms with E-state index in [-0.39, 0.29) is 11.9 Å². The first-order valence-corrected chi connectivity index (χ1v) is 10.3. The zero-order valence-electron chi connectivity index (χ0n) is 17.3. The SMILES string of the molecule is COc1cccc([C@@H](C)NC(=O)c2ccc(-c3ccc(N4CCCC4)nn3)cc2)c1. The Morgan fingerprint density at radius 3 is 2.47 bits per heavy atom. The van der Waals surface area contributed by atoms with Crippen LogP contribution in [0.5, 0.6) is 5.75 Å². The number of ether oxygens (including phenoxy) is 1. The Bertz CT molecular complexity index is 996. The fraction of sp³-hybridized carbons (Fsp3) is 0.292. The third-order valence-electron chi connectivity index (χ3n) is 5.46. The molecule has 1 saturated heterocycles. The minimum Gasteiger partial charge on any atom is -0.497 e. The van der Waals surface area contributed by atoms with Crippen LogP contribution >= 0.6 is 0 Å². The quantitative estimate of drug-likeness (QED) is 0.668. The van der Waals surface area contributed by atoms with Gasteiger partial charge < -0.3 is 15.0 Å². The summed E-state index contributed by atoms with van der Waals surface area (Å²) in [5, 5.41) is 11.8. The maximum Gasteiger partial charge on any atom is 0.251 e. The highest BCUT2D eigenvalue weighted by atomic mass is 16.5. The van der Waals surface area contributed by atoms with Gasteiger partial charge in [0.25, 0.3) is 5.91 Å². The molecule has 0 aliphatic carbocycles. The Labute approximate surface area is 176 Å². The molecule has 3 aromatic rings. The lowest BCUT2D eigenvalue weighted by Gasteiger charge is -2.16. The molecule has 0 spiro atoms. The maximum absolute atomic E-state index is 12.6. The lowest BCUT2D eigenvalue weighted by Crippen LogP contribution is -2.26. The fourth-order valence-corrected chi connectivity index (χ4v) is 3.66. The minimum absolute atomic E-state index is 0.118. The summed E-state index contributed by atoms with van der Waals surface area (Å²) >= 11 is 0. The number of nitrogens with one attached hydrogen (secondary N) is 1. The average Bonchev–Trinajstić information content (AvgIpc) is 3.34. The Balaban J connectivity index is 1.41. The van der Waals surface area contributed by atoms with Crippen LogP contribution in [0, 0.1) is 0 Å². The Morgan fingerprint density at radius 1 is 1.03 bits per heavy atom. The zero-order valence-corrected chi connectivity index (χ0v) is 17.3. The number of hydrogen-bond donors (Lipinski definition) is 1. The lowest BCUT2D eigenvalue weighted by molar-refractivity contribution is 0.0940. The Hall–Kier alpha value is -3.41. The summed E-state index contributed by atoms with van der Waals surface area (Å²) in [6, 6.07) is 19.0. The van der Waals surface area contributed by atoms with E-state index >= 15 is 0 Å². The van der Waals surface area contributed by atoms with Gasteiger partial charge in [-0.05, 0) is 61.7 Å². The molecule has 1 aromatic heterocycles. The van der Waals surface area contributed by atoms with E-state index in [0.717, 1.165) is 41.5 Å². The number of amides is 1. The molecule has 2 heterocycles. The van der Waals surface area contributed by atoms with Gasteiger partial charge >= 0.3 is 0 Å². The summed E-state index contributed by atoms with van der Waals surface area (Å²) in [5.74, 6) is 1.58. The lowest BCUT2D eigenvalue weighted by atomic mass is 10.1. The molecule has 4 rings (SSSR count). The van der Waals surface area contributed by atoms with Crippen molar-refractivity contribution in [1.82, 2.24) is 15.5 Å². The monoisotopic (exact) mass is 402 g/mol. The van der Waals surface area contributed by atoms with Gasteiger partial charge in [-0.15, -0.1) is 10.2 Å². The van der Waals surface area contributed by atoms with Gasteiger partial charge in [0.15, 0.2) is 5.82 Å². The second-order valence-electron chi connectivity index (χ2n) is 7.52. The molecule has 30 heavy (non-hydrogen) atoms. The van der Waals surface area contributed by atoms with Crippen LogP contribution in [-0.2, 0) is 0 Å². The van der Waals surface area contributed by atoms with Crippen LogP contribution in [-0.4, -0.2) is 36.3 Å². The van der Waals surface area contributed by atoms with E-state index < -0.39 is 0 Å². The number of nitrogens with zero attached hydrogens (tertiary/aromatic N) is 3. The third kappa shape index (κ3) is 4.43. The third-order valence-corrected chi connectivity index (χ3v) is 5.46. The predicted octanol–water partition coefficient (Wildman–Crippen LogP) is 4.24. The van der Waals surface area contributed by atoms with Crippen LogP contribution in [0.2, 0.25) is 0 Å². The minimum atomic E-state index is -0.128. The van der Waals surface area contributed by atoms with Crippen LogP contribution < -0.4 is 15.0 Å². The number of hydrogen-bond acceptors (Lipinski definition) is 5. The summed E-state index contributed by atoms with van der Waals surface area (Å²) in [6.07, 6.45) is 2.42. The number of carbonyl (C=O) groups is 1. The van der Waals surface area contributed by atoms with Gasteiger partial charge in [0.2, 0.25) is 0 Å². The van der Waals surface area contributed by atoms with Crippen molar-refractivity contribution < 1.29 is 9.53 Å². The van der Waals surface area contributed by atoms with Gasteiger partial charge in [-0.1, -0.05) is 24.3 Å². The molecule has 1 fully saturated rings. The topological polar surface area (TPSA) is 67.3 Å². The molecule has 0 saturated carbocycles. The van der Waals surface area contributed by atoms with Gasteiger partial charge in [-0.2, -0.15) is 0 Å². The number of rotatable bonds is 6. The molecule has 6 nitrogen and oxygen atoms in total. The predicted molar refractivity (Wildman–Crippen MR) is 118 cm³/mol. The van der Waals surface area contributed by atoms with E-state index in [9.17, 15) is 4.79 Å². The van der Waals surface area contributed by atoms with Gasteiger partial charge in [-0.25, -0.2) is 0 Å². The molecule has 2 aromatic carbocycles. The van der Waals surface area contributed by atoms with Crippen molar-refractivity contribution in [1.29, 1.82) is 0 Å². The number of benzene rings is 2. The summed E-state index contributed by atoms with van der Waals surface area (Å²) in [6.45, 7) is 4.05. The average molecular weight is 402 g/mol. The Morgan fingerprint density at radius 2 is 1.80 bits per heavy atom. The summed E-state index contributed by atoms with van der Waals surface area (Å²) in [7, 11) is 1.63. The standard InChI is InChI=1S/C24H26N4O2/c1-17(20-6-5-7-21(16-20)30-2)25-24(29)19-10-8-18(9-11-19)22-12-13-23(27-26-22)28-14-3-4-15-28/h5-13,16-17H,3-4,14-15H2,1-2H3,(H,25,29)/t17-/m1/s1. The van der Waals surface area contributed by atoms with Gasteiger partial charge in [0.05, 0.1) is 18.8 Å². The molecule has 1 atom stereocenters. The van der Waals surface area contributed by atoms with Crippen LogP contribution in [0.1, 0.15) is 41.7 Å². The highest BCUT2D eigenvalue weighted by Crippen LogP contribution is 2.22. The summed E-state index contributed by atoms with van der Waals surface area (Å²) in [4.78, 5) is 14.9. The number of aromatic nitrogens is 2. The largest absolute Gasteiger partial charge is 0.497 e. The zero-order chi connectivity index (χ0) is 20.9. The number of carbonyl (C=O) groups excluding carboxylic acids is 1. The summed E-state index contributed by atoms with van der Waals surface area (Å²) in [5.41, 5.74) is 3.34. The van der Waals surface area contributed by atoms with Crippen molar-refractivity contribution in [2.24, 2.45) is 0 Å². The highest BCUT2D eigenvalue weighted by molar-refractivity contribution is 5.94. The van der Waals surface area contributed by atoms with Crippen molar-refractivity contribution in [3.05, 3.63) is 71.8 Å². The first-order chi connectivity index (χ1) is 14.6. The van der Waals surface area contributed by atoms with Crippen LogP contribution in [0.25, 0.3) is 11.3 Å². The van der Waals surface area contributed by atoms with Crippen molar-refractivity contribution in [2.75, 3.05) is 25.1 Å². The maximum atomic E-state index is 12.6. The molecule has 0 radical (unpaired) electrons. The molecule has 1 aliphatic heterocycles. The van der Waals surface area contributed by atoms with E-state index in [2.05, 4.69) is 20.4 Å². The molecule has 0 bridgehead atoms. The molecule has 154 valence electrons. The molecule has 1 amide bonds. The van der Waals surface area contributed by atoms with Crippen molar-refractivity contribution >= 4 is 11.7 Å². The molecule has 1 aliphatic rings. The molecule has 6 heteroatoms. The van der Waals surface area contributed by atoms with Crippen LogP contribution in [0.4, 0.5) is 5.82 Å². The van der Waals surface area contributed by atoms with E-state index in [0.29, 0.717) is 5.56 Å². The van der Waals surface area contributed by atoms with E-state index in [1.165, 1.54) is 12.8 Å². The van der Waals surface area contributed by atoms with Crippen molar-refractivity contribution in [2.45, 2.75) is 25.8 Å². The van der Waals surface area contributed by atoms with Gasteiger partial charge in [-0.3, -0.25) is 4.79 Å². The highest BCUT2D eigenvalue weighted by Gasteiger charge is 2.15. The van der Waals surface area contributed by atoms with E-state index in [1.807, 2.05) is 67.6 Å². The van der Waals surface area contributed by atoms with Crippen LogP contribution in [0.3, 0.4) is 0 Å². The summed E-state index contributed by atoms with van der Waals surface area (Å²) < 4.78 is 5.26. The molecular formula is C24H26N4O2. The second-order valence-corrected chi connectivity index (χ2v) is 7.52. The first kappa shape index (κ1) is 19.9. The fourth-order valence-electron chi connectivity index (χ4n) is 3.66. The number of methoxy groups -OCH3 is 1. The van der Waals surface area contributed by atoms with E-state index in [1.54, 1.807) is 7.11 Å². The van der Waals surface area contributed by atoms with Gasteiger partial charge in [0.1, 0.15) is 5.75 Å². The first-order valence-electron chi connectivity index (χ1n) is 10.3. The van der Waals surface area contributed by atoms with Gasteiger partial charge in [0, 0.05) is 24.2 Å². The van der Waals surface area contributed by atoms with Crippen LogP contribution in [0.15, 0.2) is 60.7 Å². The van der Waals surface area contributed by atoms with Crippen molar-refractivity contribution in [3.63, 3.8) is 0 Å². The smallest absolute Gasteiger partial charge is 0.251 e. The van der Waals surface area contributed by atoms with E-state index in [4.69, 9.17) is 4.74 Å². The van der Waals surface area contributed by atoms with Crippen molar-refractivity contribution in [3.8, 4) is 17.0 Å². The normalized spacial score (nSPS) is 14.4. The molecule has 1 N–H and O–H groups in total. The molecule has 0 unspecified atom stereocenters. The molecular weight excluding hydrogens is 376 g/mol. The second kappa shape index (κ2) is 8.95.